The highest BCUT2D eigenvalue weighted by atomic mass is 32.2. The first-order valence-corrected chi connectivity index (χ1v) is 14.3. The standard InChI is InChI=1S/C23H27F3NO8PS2/c1-4-5-12-35-20(28)15-27(21(29)22(24,25)26)23(36(30,31)32,37-18-10-6-8-16(13-18)33-2)38-19-11-7-9-17(14-19)34-3/h6-11,13-14H,4-5,12,15H2,1-3H3,(H2,30,31,32). The summed E-state index contributed by atoms with van der Waals surface area (Å²) in [6.07, 6.45) is -4.56. The molecule has 0 aromatic heterocycles. The SMILES string of the molecule is CCCCOC(=O)CN(C(=O)C(F)(F)F)C(Sc1cccc(OC)c1)(Sc1cccc(OC)c1)P(=O)(O)O. The van der Waals surface area contributed by atoms with E-state index in [1.807, 2.05) is 0 Å². The quantitative estimate of drug-likeness (QED) is 0.106. The number of hydrogen-bond donors (Lipinski definition) is 2. The molecule has 0 radical (unpaired) electrons. The van der Waals surface area contributed by atoms with Crippen molar-refractivity contribution in [1.82, 2.24) is 4.90 Å². The van der Waals surface area contributed by atoms with E-state index in [1.165, 1.54) is 62.8 Å². The van der Waals surface area contributed by atoms with Crippen molar-refractivity contribution in [3.05, 3.63) is 48.5 Å². The lowest BCUT2D eigenvalue weighted by atomic mass is 10.3. The molecule has 0 saturated carbocycles. The van der Waals surface area contributed by atoms with Crippen molar-refractivity contribution in [3.63, 3.8) is 0 Å². The Hall–Kier alpha value is -2.38. The smallest absolute Gasteiger partial charge is 0.471 e. The number of halogens is 3. The van der Waals surface area contributed by atoms with Crippen molar-refractivity contribution >= 4 is 43.0 Å². The number of thioether (sulfide) groups is 2. The lowest BCUT2D eigenvalue weighted by Crippen LogP contribution is -2.54. The fourth-order valence-corrected chi connectivity index (χ4v) is 7.58. The zero-order valence-electron chi connectivity index (χ0n) is 20.6. The van der Waals surface area contributed by atoms with Gasteiger partial charge in [-0.05, 0) is 42.8 Å². The van der Waals surface area contributed by atoms with Gasteiger partial charge in [-0.1, -0.05) is 49.0 Å². The van der Waals surface area contributed by atoms with Crippen LogP contribution in [0.25, 0.3) is 0 Å². The van der Waals surface area contributed by atoms with E-state index in [9.17, 15) is 37.1 Å². The van der Waals surface area contributed by atoms with Crippen molar-refractivity contribution in [3.8, 4) is 11.5 Å². The molecule has 0 aliphatic rings. The number of nitrogens with zero attached hydrogens (tertiary/aromatic N) is 1. The van der Waals surface area contributed by atoms with Crippen LogP contribution in [-0.2, 0) is 18.9 Å². The van der Waals surface area contributed by atoms with Crippen LogP contribution in [0.1, 0.15) is 19.8 Å². The molecule has 2 aromatic carbocycles. The van der Waals surface area contributed by atoms with Gasteiger partial charge in [0.1, 0.15) is 18.0 Å². The number of methoxy groups -OCH3 is 2. The minimum atomic E-state index is -5.71. The topological polar surface area (TPSA) is 123 Å². The molecule has 0 fully saturated rings. The van der Waals surface area contributed by atoms with Gasteiger partial charge in [-0.3, -0.25) is 19.1 Å². The fraction of sp³-hybridized carbons (Fsp3) is 0.391. The van der Waals surface area contributed by atoms with E-state index in [-0.39, 0.29) is 56.3 Å². The normalized spacial score (nSPS) is 12.1. The maximum Gasteiger partial charge on any atom is 0.471 e. The molecule has 0 saturated heterocycles. The maximum absolute atomic E-state index is 13.8. The van der Waals surface area contributed by atoms with E-state index in [2.05, 4.69) is 0 Å². The summed E-state index contributed by atoms with van der Waals surface area (Å²) < 4.78 is 66.9. The first-order valence-electron chi connectivity index (χ1n) is 11.0. The summed E-state index contributed by atoms with van der Waals surface area (Å²) in [5.74, 6) is -3.40. The van der Waals surface area contributed by atoms with Gasteiger partial charge in [0.25, 0.3) is 0 Å². The third-order valence-electron chi connectivity index (χ3n) is 4.83. The summed E-state index contributed by atoms with van der Waals surface area (Å²) in [6.45, 7) is 0.279. The van der Waals surface area contributed by atoms with Gasteiger partial charge in [-0.15, -0.1) is 0 Å². The molecule has 2 aromatic rings. The van der Waals surface area contributed by atoms with Gasteiger partial charge in [0.05, 0.1) is 20.8 Å². The van der Waals surface area contributed by atoms with Gasteiger partial charge in [0, 0.05) is 9.79 Å². The highest BCUT2D eigenvalue weighted by Gasteiger charge is 2.61. The second-order valence-corrected chi connectivity index (χ2v) is 12.7. The second-order valence-electron chi connectivity index (χ2n) is 7.62. The molecule has 2 rings (SSSR count). The molecule has 0 atom stereocenters. The van der Waals surface area contributed by atoms with E-state index in [4.69, 9.17) is 14.2 Å². The van der Waals surface area contributed by atoms with Crippen LogP contribution in [0.5, 0.6) is 11.5 Å². The lowest BCUT2D eigenvalue weighted by molar-refractivity contribution is -0.187. The van der Waals surface area contributed by atoms with Gasteiger partial charge in [0.15, 0.2) is 0 Å². The summed E-state index contributed by atoms with van der Waals surface area (Å²) in [7, 11) is -3.05. The van der Waals surface area contributed by atoms with Crippen LogP contribution in [0.4, 0.5) is 13.2 Å². The van der Waals surface area contributed by atoms with Crippen molar-refractivity contribution in [2.45, 2.75) is 39.7 Å². The molecule has 38 heavy (non-hydrogen) atoms. The lowest BCUT2D eigenvalue weighted by Gasteiger charge is -2.42. The van der Waals surface area contributed by atoms with Gasteiger partial charge in [-0.2, -0.15) is 13.2 Å². The molecule has 0 heterocycles. The number of hydrogen-bond acceptors (Lipinski definition) is 8. The van der Waals surface area contributed by atoms with Crippen LogP contribution >= 0.6 is 31.1 Å². The number of esters is 1. The predicted molar refractivity (Wildman–Crippen MR) is 136 cm³/mol. The molecule has 15 heteroatoms. The summed E-state index contributed by atoms with van der Waals surface area (Å²) in [6, 6.07) is 11.4. The number of carbonyl (C=O) groups is 2. The predicted octanol–water partition coefficient (Wildman–Crippen LogP) is 5.11. The van der Waals surface area contributed by atoms with E-state index >= 15 is 0 Å². The molecule has 9 nitrogen and oxygen atoms in total. The first-order chi connectivity index (χ1) is 17.8. The van der Waals surface area contributed by atoms with E-state index < -0.39 is 36.1 Å². The molecule has 0 spiro atoms. The number of ether oxygens (including phenoxy) is 3. The van der Waals surface area contributed by atoms with Crippen molar-refractivity contribution < 1.29 is 51.3 Å². The Morgan fingerprint density at radius 1 is 0.974 bits per heavy atom. The molecular weight excluding hydrogens is 570 g/mol. The van der Waals surface area contributed by atoms with Crippen LogP contribution in [0.3, 0.4) is 0 Å². The Balaban J connectivity index is 2.77. The van der Waals surface area contributed by atoms with Gasteiger partial charge in [-0.25, -0.2) is 0 Å². The molecule has 0 unspecified atom stereocenters. The van der Waals surface area contributed by atoms with E-state index in [1.54, 1.807) is 6.92 Å². The first kappa shape index (κ1) is 31.8. The summed E-state index contributed by atoms with van der Waals surface area (Å²) >= 11 is 0.560. The van der Waals surface area contributed by atoms with Crippen molar-refractivity contribution in [1.29, 1.82) is 0 Å². The Morgan fingerprint density at radius 2 is 1.47 bits per heavy atom. The maximum atomic E-state index is 13.8. The minimum Gasteiger partial charge on any atom is -0.497 e. The number of amides is 1. The average molecular weight is 598 g/mol. The largest absolute Gasteiger partial charge is 0.497 e. The number of unbranched alkanes of at least 4 members (excludes halogenated alkanes) is 1. The third kappa shape index (κ3) is 8.31. The fourth-order valence-electron chi connectivity index (χ4n) is 3.00. The Morgan fingerprint density at radius 3 is 1.87 bits per heavy atom. The van der Waals surface area contributed by atoms with Gasteiger partial charge < -0.3 is 24.0 Å². The zero-order chi connectivity index (χ0) is 28.6. The molecule has 0 aliphatic carbocycles. The summed E-state index contributed by atoms with van der Waals surface area (Å²) in [5, 5.41) is 0. The van der Waals surface area contributed by atoms with E-state index in [0.717, 1.165) is 0 Å². The minimum absolute atomic E-state index is 0.0578. The van der Waals surface area contributed by atoms with Crippen LogP contribution in [0, 0.1) is 0 Å². The van der Waals surface area contributed by atoms with Crippen LogP contribution < -0.4 is 9.47 Å². The monoisotopic (exact) mass is 597 g/mol. The van der Waals surface area contributed by atoms with Crippen LogP contribution in [0.15, 0.2) is 58.3 Å². The second kappa shape index (κ2) is 13.6. The molecular formula is C23H27F3NO8PS2. The molecule has 1 amide bonds. The zero-order valence-corrected chi connectivity index (χ0v) is 23.2. The highest BCUT2D eigenvalue weighted by Crippen LogP contribution is 2.68. The van der Waals surface area contributed by atoms with Crippen LogP contribution in [0.2, 0.25) is 0 Å². The Kier molecular flexibility index (Phi) is 11.4. The Bertz CT molecular complexity index is 1110. The summed E-state index contributed by atoms with van der Waals surface area (Å²) in [4.78, 5) is 46.4. The molecule has 2 N–H and O–H groups in total. The number of benzene rings is 2. The molecule has 210 valence electrons. The van der Waals surface area contributed by atoms with Crippen molar-refractivity contribution in [2.75, 3.05) is 27.4 Å². The van der Waals surface area contributed by atoms with Crippen molar-refractivity contribution in [2.24, 2.45) is 0 Å². The van der Waals surface area contributed by atoms with Gasteiger partial charge in [0.2, 0.25) is 3.94 Å². The number of alkyl halides is 3. The number of carbonyl (C=O) groups excluding carboxylic acids is 2. The Labute approximate surface area is 226 Å². The number of rotatable bonds is 13. The summed E-state index contributed by atoms with van der Waals surface area (Å²) in [5.41, 5.74) is 0. The van der Waals surface area contributed by atoms with Crippen LogP contribution in [-0.4, -0.2) is 64.1 Å². The highest BCUT2D eigenvalue weighted by molar-refractivity contribution is 8.25. The average Bonchev–Trinajstić information content (AvgIpc) is 2.85. The van der Waals surface area contributed by atoms with Gasteiger partial charge >= 0.3 is 25.6 Å². The molecule has 0 aliphatic heterocycles. The van der Waals surface area contributed by atoms with E-state index in [0.29, 0.717) is 12.8 Å². The third-order valence-corrected chi connectivity index (χ3v) is 10.2. The molecule has 0 bridgehead atoms.